The predicted molar refractivity (Wildman–Crippen MR) is 96.0 cm³/mol. The lowest BCUT2D eigenvalue weighted by Gasteiger charge is -2.21. The van der Waals surface area contributed by atoms with Crippen LogP contribution in [-0.4, -0.2) is 35.0 Å². The Balaban J connectivity index is 1.75. The molecule has 1 aromatic carbocycles. The van der Waals surface area contributed by atoms with Gasteiger partial charge >= 0.3 is 5.97 Å². The molecule has 1 aliphatic rings. The van der Waals surface area contributed by atoms with Crippen LogP contribution in [0.2, 0.25) is 0 Å². The first kappa shape index (κ1) is 17.6. The number of hydrogen-bond donors (Lipinski definition) is 1. The third kappa shape index (κ3) is 4.25. The number of furan rings is 1. The van der Waals surface area contributed by atoms with E-state index in [1.165, 1.54) is 36.9 Å². The molecule has 1 N–H and O–H groups in total. The van der Waals surface area contributed by atoms with E-state index in [1.54, 1.807) is 0 Å². The Labute approximate surface area is 151 Å². The number of carboxylic acid groups (broad SMARTS) is 1. The summed E-state index contributed by atoms with van der Waals surface area (Å²) in [5, 5.41) is 9.16. The number of carbonyl (C=O) groups excluding carboxylic acids is 1. The largest absolute Gasteiger partial charge is 0.478 e. The summed E-state index contributed by atoms with van der Waals surface area (Å²) in [7, 11) is 0. The molecule has 5 nitrogen and oxygen atoms in total. The minimum Gasteiger partial charge on any atom is -0.478 e. The van der Waals surface area contributed by atoms with Gasteiger partial charge in [-0.3, -0.25) is 4.79 Å². The number of carbonyl (C=O) groups is 2. The summed E-state index contributed by atoms with van der Waals surface area (Å²) < 4.78 is 5.28. The van der Waals surface area contributed by atoms with Crippen molar-refractivity contribution in [2.45, 2.75) is 36.3 Å². The number of benzene rings is 1. The second kappa shape index (κ2) is 8.25. The van der Waals surface area contributed by atoms with Crippen molar-refractivity contribution in [1.82, 2.24) is 4.90 Å². The standard InChI is InChI=1S/C19H21NO4S/c21-18(20-10-5-1-2-6-11-20)15-7-3-4-8-17(15)25-13-16-14(19(22)23)9-12-24-16/h3-4,7-9,12H,1-2,5-6,10-11,13H2,(H,22,23). The van der Waals surface area contributed by atoms with E-state index in [0.29, 0.717) is 17.1 Å². The van der Waals surface area contributed by atoms with Crippen LogP contribution in [0.1, 0.15) is 52.2 Å². The van der Waals surface area contributed by atoms with Crippen molar-refractivity contribution in [3.05, 3.63) is 53.5 Å². The fourth-order valence-corrected chi connectivity index (χ4v) is 4.00. The Morgan fingerprint density at radius 1 is 1.04 bits per heavy atom. The van der Waals surface area contributed by atoms with Crippen LogP contribution in [0.4, 0.5) is 0 Å². The van der Waals surface area contributed by atoms with E-state index in [2.05, 4.69) is 0 Å². The van der Waals surface area contributed by atoms with Gasteiger partial charge in [-0.2, -0.15) is 0 Å². The van der Waals surface area contributed by atoms with E-state index in [0.717, 1.165) is 30.8 Å². The number of nitrogens with zero attached hydrogens (tertiary/aromatic N) is 1. The van der Waals surface area contributed by atoms with E-state index >= 15 is 0 Å². The number of hydrogen-bond acceptors (Lipinski definition) is 4. The summed E-state index contributed by atoms with van der Waals surface area (Å²) in [6, 6.07) is 8.95. The van der Waals surface area contributed by atoms with Gasteiger partial charge in [0.15, 0.2) is 0 Å². The molecular formula is C19H21NO4S. The molecule has 3 rings (SSSR count). The summed E-state index contributed by atoms with van der Waals surface area (Å²) in [6.45, 7) is 1.61. The second-order valence-corrected chi connectivity index (χ2v) is 7.07. The first-order chi connectivity index (χ1) is 12.2. The van der Waals surface area contributed by atoms with E-state index in [-0.39, 0.29) is 11.5 Å². The molecular weight excluding hydrogens is 338 g/mol. The first-order valence-corrected chi connectivity index (χ1v) is 9.46. The molecule has 1 aliphatic heterocycles. The summed E-state index contributed by atoms with van der Waals surface area (Å²) in [5.41, 5.74) is 0.849. The van der Waals surface area contributed by atoms with Crippen molar-refractivity contribution >= 4 is 23.6 Å². The SMILES string of the molecule is O=C(O)c1ccoc1CSc1ccccc1C(=O)N1CCCCCC1. The van der Waals surface area contributed by atoms with Gasteiger partial charge in [0.1, 0.15) is 11.3 Å². The molecule has 25 heavy (non-hydrogen) atoms. The molecule has 0 saturated carbocycles. The van der Waals surface area contributed by atoms with Gasteiger partial charge in [0.2, 0.25) is 0 Å². The van der Waals surface area contributed by atoms with Gasteiger partial charge in [0.25, 0.3) is 5.91 Å². The van der Waals surface area contributed by atoms with E-state index in [1.807, 2.05) is 29.2 Å². The Morgan fingerprint density at radius 2 is 1.76 bits per heavy atom. The Bertz CT molecular complexity index is 747. The van der Waals surface area contributed by atoms with Crippen molar-refractivity contribution in [3.63, 3.8) is 0 Å². The first-order valence-electron chi connectivity index (χ1n) is 8.47. The zero-order valence-electron chi connectivity index (χ0n) is 13.9. The van der Waals surface area contributed by atoms with Gasteiger partial charge < -0.3 is 14.4 Å². The highest BCUT2D eigenvalue weighted by Crippen LogP contribution is 2.29. The zero-order chi connectivity index (χ0) is 17.6. The smallest absolute Gasteiger partial charge is 0.339 e. The van der Waals surface area contributed by atoms with Gasteiger partial charge in [0.05, 0.1) is 17.6 Å². The predicted octanol–water partition coefficient (Wildman–Crippen LogP) is 4.29. The Kier molecular flexibility index (Phi) is 5.81. The molecule has 6 heteroatoms. The molecule has 0 radical (unpaired) electrons. The monoisotopic (exact) mass is 359 g/mol. The molecule has 1 aromatic heterocycles. The number of carboxylic acids is 1. The molecule has 132 valence electrons. The quantitative estimate of drug-likeness (QED) is 0.807. The van der Waals surface area contributed by atoms with E-state index < -0.39 is 5.97 Å². The summed E-state index contributed by atoms with van der Waals surface area (Å²) in [4.78, 5) is 26.9. The van der Waals surface area contributed by atoms with Crippen LogP contribution in [-0.2, 0) is 5.75 Å². The fraction of sp³-hybridized carbons (Fsp3) is 0.368. The maximum atomic E-state index is 12.9. The summed E-state index contributed by atoms with van der Waals surface area (Å²) in [5.74, 6) is -0.158. The molecule has 1 fully saturated rings. The van der Waals surface area contributed by atoms with Gasteiger partial charge in [-0.25, -0.2) is 4.79 Å². The average Bonchev–Trinajstić information content (AvgIpc) is 2.93. The molecule has 0 spiro atoms. The second-order valence-electron chi connectivity index (χ2n) is 6.05. The maximum absolute atomic E-state index is 12.9. The van der Waals surface area contributed by atoms with Gasteiger partial charge in [-0.05, 0) is 31.0 Å². The minimum absolute atomic E-state index is 0.0582. The van der Waals surface area contributed by atoms with Crippen LogP contribution >= 0.6 is 11.8 Å². The molecule has 0 atom stereocenters. The maximum Gasteiger partial charge on any atom is 0.339 e. The number of thioether (sulfide) groups is 1. The van der Waals surface area contributed by atoms with Crippen LogP contribution in [0.25, 0.3) is 0 Å². The molecule has 2 aromatic rings. The Morgan fingerprint density at radius 3 is 2.48 bits per heavy atom. The normalized spacial score (nSPS) is 15.0. The molecule has 0 unspecified atom stereocenters. The average molecular weight is 359 g/mol. The third-order valence-electron chi connectivity index (χ3n) is 4.35. The van der Waals surface area contributed by atoms with Crippen molar-refractivity contribution in [1.29, 1.82) is 0 Å². The molecule has 1 amide bonds. The lowest BCUT2D eigenvalue weighted by molar-refractivity contribution is 0.0693. The third-order valence-corrected chi connectivity index (χ3v) is 5.42. The number of aromatic carboxylic acids is 1. The van der Waals surface area contributed by atoms with Crippen LogP contribution in [0.3, 0.4) is 0 Å². The highest BCUT2D eigenvalue weighted by molar-refractivity contribution is 7.98. The highest BCUT2D eigenvalue weighted by atomic mass is 32.2. The highest BCUT2D eigenvalue weighted by Gasteiger charge is 2.21. The van der Waals surface area contributed by atoms with Gasteiger partial charge in [-0.15, -0.1) is 11.8 Å². The van der Waals surface area contributed by atoms with Crippen LogP contribution in [0.5, 0.6) is 0 Å². The van der Waals surface area contributed by atoms with Crippen molar-refractivity contribution < 1.29 is 19.1 Å². The zero-order valence-corrected chi connectivity index (χ0v) is 14.8. The van der Waals surface area contributed by atoms with Crippen LogP contribution in [0.15, 0.2) is 45.9 Å². The van der Waals surface area contributed by atoms with Crippen molar-refractivity contribution in [3.8, 4) is 0 Å². The summed E-state index contributed by atoms with van der Waals surface area (Å²) in [6.07, 6.45) is 5.84. The molecule has 2 heterocycles. The van der Waals surface area contributed by atoms with Crippen LogP contribution in [0, 0.1) is 0 Å². The molecule has 0 aliphatic carbocycles. The topological polar surface area (TPSA) is 70.7 Å². The van der Waals surface area contributed by atoms with E-state index in [9.17, 15) is 9.59 Å². The number of likely N-dealkylation sites (tertiary alicyclic amines) is 1. The van der Waals surface area contributed by atoms with Gasteiger partial charge in [0, 0.05) is 18.0 Å². The van der Waals surface area contributed by atoms with Crippen molar-refractivity contribution in [2.75, 3.05) is 13.1 Å². The van der Waals surface area contributed by atoms with E-state index in [4.69, 9.17) is 9.52 Å². The lowest BCUT2D eigenvalue weighted by atomic mass is 10.2. The number of amides is 1. The Hall–Kier alpha value is -2.21. The summed E-state index contributed by atoms with van der Waals surface area (Å²) >= 11 is 1.43. The van der Waals surface area contributed by atoms with Crippen LogP contribution < -0.4 is 0 Å². The minimum atomic E-state index is -1.00. The fourth-order valence-electron chi connectivity index (χ4n) is 3.00. The number of rotatable bonds is 5. The lowest BCUT2D eigenvalue weighted by Crippen LogP contribution is -2.32. The van der Waals surface area contributed by atoms with Crippen molar-refractivity contribution in [2.24, 2.45) is 0 Å². The molecule has 1 saturated heterocycles. The molecule has 0 bridgehead atoms. The van der Waals surface area contributed by atoms with Gasteiger partial charge in [-0.1, -0.05) is 25.0 Å².